The second-order valence-electron chi connectivity index (χ2n) is 6.91. The van der Waals surface area contributed by atoms with Gasteiger partial charge in [-0.2, -0.15) is 5.10 Å². The number of methoxy groups -OCH3 is 1. The van der Waals surface area contributed by atoms with E-state index < -0.39 is 0 Å². The molecular weight excluding hydrogens is 404 g/mol. The molecule has 1 aromatic heterocycles. The minimum absolute atomic E-state index is 0. The number of anilines is 1. The van der Waals surface area contributed by atoms with Crippen LogP contribution in [0.2, 0.25) is 0 Å². The van der Waals surface area contributed by atoms with Crippen LogP contribution in [-0.4, -0.2) is 35.9 Å². The van der Waals surface area contributed by atoms with Gasteiger partial charge < -0.3 is 20.1 Å². The number of carbonyl (C=O) groups excluding carboxylic acids is 1. The first-order valence-electron chi connectivity index (χ1n) is 9.71. The standard InChI is InChI=1S/C22H24N4O3.ClH/c1-28-21-14-18(29-17-7-3-2-4-8-17)9-10-19(21)24-22(27)20-11-13-26(25-20)16-6-5-12-23-15-16;/h2-4,7-11,13-14,16,23H,5-6,12,15H2,1H3,(H,24,27);1H. The summed E-state index contributed by atoms with van der Waals surface area (Å²) in [7, 11) is 1.56. The molecule has 8 heteroatoms. The van der Waals surface area contributed by atoms with Crippen molar-refractivity contribution < 1.29 is 14.3 Å². The predicted octanol–water partition coefficient (Wildman–Crippen LogP) is 4.28. The predicted molar refractivity (Wildman–Crippen MR) is 118 cm³/mol. The summed E-state index contributed by atoms with van der Waals surface area (Å²) >= 11 is 0. The van der Waals surface area contributed by atoms with Gasteiger partial charge in [-0.25, -0.2) is 0 Å². The van der Waals surface area contributed by atoms with Gasteiger partial charge in [-0.1, -0.05) is 18.2 Å². The Kier molecular flexibility index (Phi) is 7.32. The van der Waals surface area contributed by atoms with Crippen molar-refractivity contribution in [2.24, 2.45) is 0 Å². The minimum Gasteiger partial charge on any atom is -0.494 e. The van der Waals surface area contributed by atoms with E-state index in [4.69, 9.17) is 9.47 Å². The van der Waals surface area contributed by atoms with Gasteiger partial charge in [0, 0.05) is 18.8 Å². The molecule has 1 saturated heterocycles. The van der Waals surface area contributed by atoms with Gasteiger partial charge in [-0.3, -0.25) is 9.48 Å². The van der Waals surface area contributed by atoms with Gasteiger partial charge in [0.15, 0.2) is 5.69 Å². The Hall–Kier alpha value is -3.03. The van der Waals surface area contributed by atoms with E-state index in [9.17, 15) is 4.79 Å². The van der Waals surface area contributed by atoms with Gasteiger partial charge >= 0.3 is 0 Å². The molecule has 1 atom stereocenters. The third-order valence-electron chi connectivity index (χ3n) is 4.89. The zero-order chi connectivity index (χ0) is 20.1. The molecule has 1 aliphatic heterocycles. The number of nitrogens with zero attached hydrogens (tertiary/aromatic N) is 2. The number of nitrogens with one attached hydrogen (secondary N) is 2. The first-order valence-corrected chi connectivity index (χ1v) is 9.71. The molecule has 0 bridgehead atoms. The van der Waals surface area contributed by atoms with Crippen molar-refractivity contribution in [3.8, 4) is 17.2 Å². The molecule has 2 heterocycles. The lowest BCUT2D eigenvalue weighted by Gasteiger charge is -2.22. The fourth-order valence-electron chi connectivity index (χ4n) is 3.37. The van der Waals surface area contributed by atoms with Crippen molar-refractivity contribution in [1.29, 1.82) is 0 Å². The van der Waals surface area contributed by atoms with Gasteiger partial charge in [0.05, 0.1) is 18.8 Å². The van der Waals surface area contributed by atoms with Gasteiger partial charge in [-0.05, 0) is 49.7 Å². The molecule has 0 saturated carbocycles. The van der Waals surface area contributed by atoms with E-state index in [0.717, 1.165) is 31.7 Å². The highest BCUT2D eigenvalue weighted by Gasteiger charge is 2.18. The largest absolute Gasteiger partial charge is 0.494 e. The number of hydrogen-bond acceptors (Lipinski definition) is 5. The fourth-order valence-corrected chi connectivity index (χ4v) is 3.37. The molecule has 1 amide bonds. The van der Waals surface area contributed by atoms with Gasteiger partial charge in [0.2, 0.25) is 0 Å². The molecule has 158 valence electrons. The lowest BCUT2D eigenvalue weighted by molar-refractivity contribution is 0.102. The number of para-hydroxylation sites is 1. The summed E-state index contributed by atoms with van der Waals surface area (Å²) in [6, 6.07) is 16.8. The summed E-state index contributed by atoms with van der Waals surface area (Å²) < 4.78 is 13.1. The van der Waals surface area contributed by atoms with Gasteiger partial charge in [0.25, 0.3) is 5.91 Å². The van der Waals surface area contributed by atoms with Gasteiger partial charge in [-0.15, -0.1) is 12.4 Å². The van der Waals surface area contributed by atoms with E-state index in [-0.39, 0.29) is 24.4 Å². The number of halogens is 1. The van der Waals surface area contributed by atoms with Crippen molar-refractivity contribution >= 4 is 24.0 Å². The molecule has 0 spiro atoms. The van der Waals surface area contributed by atoms with Crippen LogP contribution >= 0.6 is 12.4 Å². The maximum atomic E-state index is 12.7. The van der Waals surface area contributed by atoms with Crippen LogP contribution in [0, 0.1) is 0 Å². The highest BCUT2D eigenvalue weighted by atomic mass is 35.5. The molecule has 7 nitrogen and oxygen atoms in total. The smallest absolute Gasteiger partial charge is 0.276 e. The molecular formula is C22H25ClN4O3. The highest BCUT2D eigenvalue weighted by Crippen LogP contribution is 2.32. The number of rotatable bonds is 6. The third-order valence-corrected chi connectivity index (χ3v) is 4.89. The molecule has 2 N–H and O–H groups in total. The van der Waals surface area contributed by atoms with Crippen molar-refractivity contribution in [2.75, 3.05) is 25.5 Å². The maximum Gasteiger partial charge on any atom is 0.276 e. The Morgan fingerprint density at radius 2 is 2.00 bits per heavy atom. The lowest BCUT2D eigenvalue weighted by Crippen LogP contribution is -2.32. The van der Waals surface area contributed by atoms with Crippen LogP contribution in [0.1, 0.15) is 29.4 Å². The fraction of sp³-hybridized carbons (Fsp3) is 0.273. The topological polar surface area (TPSA) is 77.4 Å². The average molecular weight is 429 g/mol. The summed E-state index contributed by atoms with van der Waals surface area (Å²) in [5.41, 5.74) is 0.939. The molecule has 1 fully saturated rings. The number of benzene rings is 2. The van der Waals surface area contributed by atoms with E-state index in [0.29, 0.717) is 22.9 Å². The maximum absolute atomic E-state index is 12.7. The first-order chi connectivity index (χ1) is 14.2. The van der Waals surface area contributed by atoms with E-state index in [2.05, 4.69) is 15.7 Å². The van der Waals surface area contributed by atoms with E-state index in [1.807, 2.05) is 41.2 Å². The SMILES string of the molecule is COc1cc(Oc2ccccc2)ccc1NC(=O)c1ccn(C2CCCNC2)n1.Cl. The molecule has 0 radical (unpaired) electrons. The Labute approximate surface area is 181 Å². The summed E-state index contributed by atoms with van der Waals surface area (Å²) in [5.74, 6) is 1.60. The molecule has 2 aromatic carbocycles. The molecule has 1 unspecified atom stereocenters. The first kappa shape index (κ1) is 21.7. The molecule has 30 heavy (non-hydrogen) atoms. The van der Waals surface area contributed by atoms with Crippen LogP contribution < -0.4 is 20.1 Å². The zero-order valence-electron chi connectivity index (χ0n) is 16.7. The van der Waals surface area contributed by atoms with Crippen LogP contribution in [0.25, 0.3) is 0 Å². The minimum atomic E-state index is -0.275. The Bertz CT molecular complexity index is 972. The van der Waals surface area contributed by atoms with Gasteiger partial charge in [0.1, 0.15) is 17.2 Å². The lowest BCUT2D eigenvalue weighted by atomic mass is 10.1. The molecule has 4 rings (SSSR count). The average Bonchev–Trinajstić information content (AvgIpc) is 3.27. The quantitative estimate of drug-likeness (QED) is 0.612. The second kappa shape index (κ2) is 10.1. The molecule has 1 aliphatic rings. The van der Waals surface area contributed by atoms with E-state index in [1.54, 1.807) is 31.4 Å². The summed E-state index contributed by atoms with van der Waals surface area (Å²) in [4.78, 5) is 12.7. The van der Waals surface area contributed by atoms with Crippen LogP contribution in [0.5, 0.6) is 17.2 Å². The number of piperidine rings is 1. The highest BCUT2D eigenvalue weighted by molar-refractivity contribution is 6.03. The van der Waals surface area contributed by atoms with Crippen LogP contribution in [0.4, 0.5) is 5.69 Å². The van der Waals surface area contributed by atoms with E-state index >= 15 is 0 Å². The van der Waals surface area contributed by atoms with E-state index in [1.165, 1.54) is 0 Å². The summed E-state index contributed by atoms with van der Waals surface area (Å²) in [6.45, 7) is 1.91. The Balaban J connectivity index is 0.00000256. The summed E-state index contributed by atoms with van der Waals surface area (Å²) in [6.07, 6.45) is 4.04. The number of aromatic nitrogens is 2. The van der Waals surface area contributed by atoms with Crippen LogP contribution in [0.15, 0.2) is 60.8 Å². The van der Waals surface area contributed by atoms with Crippen LogP contribution in [0.3, 0.4) is 0 Å². The Morgan fingerprint density at radius 3 is 2.73 bits per heavy atom. The third kappa shape index (κ3) is 5.11. The monoisotopic (exact) mass is 428 g/mol. The molecule has 3 aromatic rings. The molecule has 0 aliphatic carbocycles. The second-order valence-corrected chi connectivity index (χ2v) is 6.91. The number of carbonyl (C=O) groups is 1. The number of amides is 1. The number of hydrogen-bond donors (Lipinski definition) is 2. The normalized spacial score (nSPS) is 15.7. The summed E-state index contributed by atoms with van der Waals surface area (Å²) in [5, 5.41) is 10.7. The van der Waals surface area contributed by atoms with Crippen molar-refractivity contribution in [3.63, 3.8) is 0 Å². The van der Waals surface area contributed by atoms with Crippen molar-refractivity contribution in [1.82, 2.24) is 15.1 Å². The Morgan fingerprint density at radius 1 is 1.17 bits per heavy atom. The zero-order valence-corrected chi connectivity index (χ0v) is 17.5. The number of ether oxygens (including phenoxy) is 2. The van der Waals surface area contributed by atoms with Crippen molar-refractivity contribution in [3.05, 3.63) is 66.5 Å². The van der Waals surface area contributed by atoms with Crippen molar-refractivity contribution in [2.45, 2.75) is 18.9 Å². The van der Waals surface area contributed by atoms with Crippen LogP contribution in [-0.2, 0) is 0 Å².